The van der Waals surface area contributed by atoms with Gasteiger partial charge in [-0.1, -0.05) is 42.1 Å². The zero-order valence-electron chi connectivity index (χ0n) is 14.0. The van der Waals surface area contributed by atoms with Crippen molar-refractivity contribution in [3.8, 4) is 0 Å². The van der Waals surface area contributed by atoms with E-state index in [-0.39, 0.29) is 5.91 Å². The van der Waals surface area contributed by atoms with Crippen molar-refractivity contribution in [2.75, 3.05) is 17.3 Å². The smallest absolute Gasteiger partial charge is 0.224 e. The number of anilines is 1. The van der Waals surface area contributed by atoms with Crippen LogP contribution in [0.15, 0.2) is 52.9 Å². The van der Waals surface area contributed by atoms with Gasteiger partial charge in [0.1, 0.15) is 0 Å². The summed E-state index contributed by atoms with van der Waals surface area (Å²) in [5.41, 5.74) is 3.18. The van der Waals surface area contributed by atoms with Gasteiger partial charge in [0.2, 0.25) is 5.91 Å². The number of carbonyl (C=O) groups is 1. The molecule has 6 heteroatoms. The predicted molar refractivity (Wildman–Crippen MR) is 112 cm³/mol. The topological polar surface area (TPSA) is 42.0 Å². The largest absolute Gasteiger partial charge is 0.326 e. The summed E-state index contributed by atoms with van der Waals surface area (Å²) in [6, 6.07) is 16.3. The molecule has 0 bridgehead atoms. The summed E-state index contributed by atoms with van der Waals surface area (Å²) < 4.78 is 2.16. The van der Waals surface area contributed by atoms with E-state index in [2.05, 4.69) is 34.6 Å². The molecular formula is C19H20N2OS3. The maximum absolute atomic E-state index is 12.1. The Hall–Kier alpha value is -1.50. The average Bonchev–Trinajstić information content (AvgIpc) is 3.05. The molecule has 1 heterocycles. The van der Waals surface area contributed by atoms with E-state index in [9.17, 15) is 4.79 Å². The van der Waals surface area contributed by atoms with Gasteiger partial charge in [0.25, 0.3) is 0 Å². The maximum Gasteiger partial charge on any atom is 0.224 e. The molecule has 0 saturated heterocycles. The molecule has 0 aliphatic rings. The number of nitrogens with one attached hydrogen (secondary N) is 1. The number of carbonyl (C=O) groups excluding carboxylic acids is 1. The molecule has 2 aromatic carbocycles. The fourth-order valence-electron chi connectivity index (χ4n) is 2.39. The number of benzene rings is 2. The van der Waals surface area contributed by atoms with Crippen molar-refractivity contribution < 1.29 is 4.79 Å². The van der Waals surface area contributed by atoms with Crippen molar-refractivity contribution >= 4 is 56.7 Å². The van der Waals surface area contributed by atoms with Crippen LogP contribution in [0.1, 0.15) is 18.4 Å². The number of rotatable bonds is 8. The molecule has 130 valence electrons. The Morgan fingerprint density at radius 1 is 1.20 bits per heavy atom. The first-order valence-corrected chi connectivity index (χ1v) is 11.3. The molecule has 3 nitrogen and oxygen atoms in total. The standard InChI is InChI=1S/C19H20N2OS3/c1-23-19-21-16-10-9-15(12-17(16)25-19)20-18(22)8-5-11-24-13-14-6-3-2-4-7-14/h2-4,6-7,9-10,12H,5,8,11,13H2,1H3,(H,20,22). The third kappa shape index (κ3) is 5.49. The first-order chi connectivity index (χ1) is 12.2. The molecule has 0 aliphatic heterocycles. The Kier molecular flexibility index (Phi) is 6.78. The SMILES string of the molecule is CSc1nc2ccc(NC(=O)CCCSCc3ccccc3)cc2s1. The first kappa shape index (κ1) is 18.3. The van der Waals surface area contributed by atoms with Crippen LogP contribution in [-0.4, -0.2) is 22.9 Å². The third-order valence-electron chi connectivity index (χ3n) is 3.63. The molecule has 0 atom stereocenters. The van der Waals surface area contributed by atoms with E-state index in [0.717, 1.165) is 38.2 Å². The van der Waals surface area contributed by atoms with E-state index < -0.39 is 0 Å². The summed E-state index contributed by atoms with van der Waals surface area (Å²) in [6.07, 6.45) is 3.47. The van der Waals surface area contributed by atoms with Crippen molar-refractivity contribution in [1.29, 1.82) is 0 Å². The van der Waals surface area contributed by atoms with Gasteiger partial charge in [-0.25, -0.2) is 4.98 Å². The predicted octanol–water partition coefficient (Wildman–Crippen LogP) is 5.67. The molecule has 0 fully saturated rings. The Morgan fingerprint density at radius 3 is 2.84 bits per heavy atom. The summed E-state index contributed by atoms with van der Waals surface area (Å²) in [5.74, 6) is 2.07. The molecule has 0 radical (unpaired) electrons. The Bertz CT molecular complexity index is 833. The molecular weight excluding hydrogens is 368 g/mol. The minimum Gasteiger partial charge on any atom is -0.326 e. The molecule has 0 saturated carbocycles. The van der Waals surface area contributed by atoms with E-state index in [4.69, 9.17) is 0 Å². The number of amides is 1. The molecule has 3 aromatic rings. The molecule has 1 N–H and O–H groups in total. The van der Waals surface area contributed by atoms with Gasteiger partial charge >= 0.3 is 0 Å². The van der Waals surface area contributed by atoms with Gasteiger partial charge in [0.15, 0.2) is 4.34 Å². The number of hydrogen-bond acceptors (Lipinski definition) is 5. The van der Waals surface area contributed by atoms with Crippen molar-refractivity contribution in [3.05, 3.63) is 54.1 Å². The summed E-state index contributed by atoms with van der Waals surface area (Å²) in [7, 11) is 0. The second-order valence-electron chi connectivity index (χ2n) is 5.56. The summed E-state index contributed by atoms with van der Waals surface area (Å²) in [6.45, 7) is 0. The highest BCUT2D eigenvalue weighted by Gasteiger charge is 2.06. The van der Waals surface area contributed by atoms with Gasteiger partial charge in [-0.2, -0.15) is 11.8 Å². The van der Waals surface area contributed by atoms with Gasteiger partial charge < -0.3 is 5.32 Å². The third-order valence-corrected chi connectivity index (χ3v) is 6.75. The molecule has 3 rings (SSSR count). The number of thiazole rings is 1. The highest BCUT2D eigenvalue weighted by molar-refractivity contribution is 8.00. The summed E-state index contributed by atoms with van der Waals surface area (Å²) in [5, 5.41) is 2.99. The lowest BCUT2D eigenvalue weighted by atomic mass is 10.2. The summed E-state index contributed by atoms with van der Waals surface area (Å²) >= 11 is 5.18. The minimum absolute atomic E-state index is 0.0780. The van der Waals surface area contributed by atoms with Gasteiger partial charge in [-0.05, 0) is 42.2 Å². The van der Waals surface area contributed by atoms with Crippen molar-refractivity contribution in [2.45, 2.75) is 22.9 Å². The van der Waals surface area contributed by atoms with Crippen molar-refractivity contribution in [2.24, 2.45) is 0 Å². The quantitative estimate of drug-likeness (QED) is 0.399. The highest BCUT2D eigenvalue weighted by Crippen LogP contribution is 2.30. The highest BCUT2D eigenvalue weighted by atomic mass is 32.2. The van der Waals surface area contributed by atoms with Gasteiger partial charge in [-0.3, -0.25) is 4.79 Å². The fourth-order valence-corrected chi connectivity index (χ4v) is 4.84. The van der Waals surface area contributed by atoms with E-state index in [1.54, 1.807) is 23.1 Å². The van der Waals surface area contributed by atoms with E-state index in [0.29, 0.717) is 6.42 Å². The minimum atomic E-state index is 0.0780. The molecule has 0 spiro atoms. The number of thioether (sulfide) groups is 2. The molecule has 1 aromatic heterocycles. The van der Waals surface area contributed by atoms with Crippen LogP contribution in [0, 0.1) is 0 Å². The van der Waals surface area contributed by atoms with Crippen LogP contribution in [0.25, 0.3) is 10.2 Å². The number of hydrogen-bond donors (Lipinski definition) is 1. The second-order valence-corrected chi connectivity index (χ2v) is 8.75. The van der Waals surface area contributed by atoms with Gasteiger partial charge in [0.05, 0.1) is 10.2 Å². The number of nitrogens with zero attached hydrogens (tertiary/aromatic N) is 1. The number of fused-ring (bicyclic) bond motifs is 1. The van der Waals surface area contributed by atoms with Crippen LogP contribution in [0.5, 0.6) is 0 Å². The van der Waals surface area contributed by atoms with Crippen LogP contribution < -0.4 is 5.32 Å². The van der Waals surface area contributed by atoms with Crippen LogP contribution in [0.2, 0.25) is 0 Å². The van der Waals surface area contributed by atoms with E-state index in [1.165, 1.54) is 5.56 Å². The monoisotopic (exact) mass is 388 g/mol. The van der Waals surface area contributed by atoms with E-state index in [1.807, 2.05) is 42.3 Å². The van der Waals surface area contributed by atoms with E-state index >= 15 is 0 Å². The van der Waals surface area contributed by atoms with Crippen LogP contribution in [-0.2, 0) is 10.5 Å². The lowest BCUT2D eigenvalue weighted by Crippen LogP contribution is -2.11. The lowest BCUT2D eigenvalue weighted by Gasteiger charge is -2.05. The van der Waals surface area contributed by atoms with Gasteiger partial charge in [0, 0.05) is 17.9 Å². The van der Waals surface area contributed by atoms with Crippen molar-refractivity contribution in [3.63, 3.8) is 0 Å². The first-order valence-electron chi connectivity index (χ1n) is 8.11. The average molecular weight is 389 g/mol. The molecule has 0 aliphatic carbocycles. The van der Waals surface area contributed by atoms with Crippen molar-refractivity contribution in [1.82, 2.24) is 4.98 Å². The van der Waals surface area contributed by atoms with Gasteiger partial charge in [-0.15, -0.1) is 11.3 Å². The zero-order valence-corrected chi connectivity index (χ0v) is 16.5. The zero-order chi connectivity index (χ0) is 17.5. The normalized spacial score (nSPS) is 10.9. The Morgan fingerprint density at radius 2 is 2.04 bits per heavy atom. The Balaban J connectivity index is 1.41. The Labute approximate surface area is 160 Å². The summed E-state index contributed by atoms with van der Waals surface area (Å²) in [4.78, 5) is 16.6. The molecule has 25 heavy (non-hydrogen) atoms. The molecule has 0 unspecified atom stereocenters. The lowest BCUT2D eigenvalue weighted by molar-refractivity contribution is -0.116. The second kappa shape index (κ2) is 9.27. The van der Waals surface area contributed by atoms with Crippen LogP contribution >= 0.6 is 34.9 Å². The molecule has 1 amide bonds. The maximum atomic E-state index is 12.1. The number of aromatic nitrogens is 1. The van der Waals surface area contributed by atoms with Crippen LogP contribution in [0.3, 0.4) is 0 Å². The fraction of sp³-hybridized carbons (Fsp3) is 0.263. The van der Waals surface area contributed by atoms with Crippen LogP contribution in [0.4, 0.5) is 5.69 Å².